The van der Waals surface area contributed by atoms with Crippen LogP contribution in [0.3, 0.4) is 0 Å². The van der Waals surface area contributed by atoms with E-state index >= 15 is 0 Å². The van der Waals surface area contributed by atoms with Crippen molar-refractivity contribution in [1.82, 2.24) is 0 Å². The summed E-state index contributed by atoms with van der Waals surface area (Å²) in [6.07, 6.45) is 8.09. The highest BCUT2D eigenvalue weighted by atomic mass is 32.2. The molecule has 0 heterocycles. The number of allylic oxidation sites excluding steroid dienone is 5. The first kappa shape index (κ1) is 40.9. The Morgan fingerprint density at radius 3 is 1.60 bits per heavy atom. The second-order valence-corrected chi connectivity index (χ2v) is 16.1. The Balaban J connectivity index is 1.32. The molecular formula is C45H44N3O7S2-. The number of benzene rings is 5. The number of hydrogen-bond donors (Lipinski definition) is 1. The number of nitrogens with zero attached hydrogens (tertiary/aromatic N) is 3. The summed E-state index contributed by atoms with van der Waals surface area (Å²) in [5.41, 5.74) is 8.92. The third-order valence-electron chi connectivity index (χ3n) is 9.50. The fourth-order valence-corrected chi connectivity index (χ4v) is 7.72. The molecule has 0 radical (unpaired) electrons. The fourth-order valence-electron chi connectivity index (χ4n) is 6.63. The quantitative estimate of drug-likeness (QED) is 0.103. The highest BCUT2D eigenvalue weighted by molar-refractivity contribution is 7.86. The standard InChI is InChI=1S/C45H45N3O7S2/c1-4-47(31-33-9-7-11-43(29-33)56(49,50)51)40-23-15-36(16-24-40)45(35-13-19-38(20-14-35)46-39-21-27-42(28-22-39)55-6-3)37-17-25-41(26-18-37)48(5-2)32-34-10-8-12-44(30-34)57(52,53)54/h7-30H,4-6,31-32H2,1-3H3,(H,49,50,51)(H,52,53,54)/p-1. The lowest BCUT2D eigenvalue weighted by molar-refractivity contribution is 0.340. The Labute approximate surface area is 335 Å². The molecule has 0 saturated carbocycles. The first-order chi connectivity index (χ1) is 27.3. The van der Waals surface area contributed by atoms with Gasteiger partial charge in [0.15, 0.2) is 0 Å². The molecule has 0 spiro atoms. The highest BCUT2D eigenvalue weighted by Gasteiger charge is 2.16. The Kier molecular flexibility index (Phi) is 12.9. The molecule has 6 rings (SSSR count). The van der Waals surface area contributed by atoms with Gasteiger partial charge in [-0.15, -0.1) is 0 Å². The van der Waals surface area contributed by atoms with Crippen LogP contribution in [0.5, 0.6) is 5.75 Å². The SMILES string of the molecule is CCOc1ccc(N=C2C=CC(=C(c3ccc(N(CC)Cc4cccc(S(=O)(=O)[O-])c4)cc3)c3ccc(N(CC)Cc4cccc(S(=O)(=O)O)c4)cc3)C=C2)cc1. The molecule has 12 heteroatoms. The zero-order chi connectivity index (χ0) is 40.6. The lowest BCUT2D eigenvalue weighted by Gasteiger charge is -2.25. The van der Waals surface area contributed by atoms with E-state index in [0.717, 1.165) is 56.4 Å². The summed E-state index contributed by atoms with van der Waals surface area (Å²) < 4.78 is 73.6. The molecule has 0 atom stereocenters. The van der Waals surface area contributed by atoms with E-state index in [1.807, 2.05) is 93.6 Å². The molecule has 0 fully saturated rings. The Hall–Kier alpha value is -5.79. The Morgan fingerprint density at radius 1 is 0.649 bits per heavy atom. The molecule has 1 N–H and O–H groups in total. The molecule has 0 unspecified atom stereocenters. The van der Waals surface area contributed by atoms with E-state index in [-0.39, 0.29) is 9.79 Å². The van der Waals surface area contributed by atoms with Gasteiger partial charge in [-0.25, -0.2) is 13.4 Å². The lowest BCUT2D eigenvalue weighted by atomic mass is 9.90. The van der Waals surface area contributed by atoms with Crippen LogP contribution in [0.2, 0.25) is 0 Å². The van der Waals surface area contributed by atoms with Crippen molar-refractivity contribution in [2.24, 2.45) is 4.99 Å². The molecule has 1 aliphatic carbocycles. The van der Waals surface area contributed by atoms with E-state index in [1.165, 1.54) is 24.3 Å². The Bertz CT molecular complexity index is 2400. The summed E-state index contributed by atoms with van der Waals surface area (Å²) in [7, 11) is -8.88. The van der Waals surface area contributed by atoms with Crippen molar-refractivity contribution in [3.63, 3.8) is 0 Å². The first-order valence-corrected chi connectivity index (χ1v) is 21.4. The van der Waals surface area contributed by atoms with Crippen molar-refractivity contribution in [2.45, 2.75) is 43.7 Å². The summed E-state index contributed by atoms with van der Waals surface area (Å²) in [4.78, 5) is 8.65. The molecule has 10 nitrogen and oxygen atoms in total. The average Bonchev–Trinajstić information content (AvgIpc) is 3.21. The van der Waals surface area contributed by atoms with Crippen LogP contribution in [-0.4, -0.2) is 51.3 Å². The molecule has 1 aliphatic rings. The van der Waals surface area contributed by atoms with Gasteiger partial charge in [0, 0.05) is 37.6 Å². The van der Waals surface area contributed by atoms with Gasteiger partial charge < -0.3 is 19.1 Å². The molecule has 0 amide bonds. The number of aliphatic imine (C=N–C) groups is 1. The van der Waals surface area contributed by atoms with E-state index < -0.39 is 20.2 Å². The number of rotatable bonds is 15. The second kappa shape index (κ2) is 18.0. The Morgan fingerprint density at radius 2 is 1.14 bits per heavy atom. The maximum Gasteiger partial charge on any atom is 0.294 e. The minimum atomic E-state index is -4.57. The first-order valence-electron chi connectivity index (χ1n) is 18.6. The van der Waals surface area contributed by atoms with Crippen molar-refractivity contribution < 1.29 is 30.7 Å². The van der Waals surface area contributed by atoms with Crippen molar-refractivity contribution in [3.8, 4) is 5.75 Å². The molecule has 0 aromatic heterocycles. The second-order valence-electron chi connectivity index (χ2n) is 13.3. The van der Waals surface area contributed by atoms with E-state index in [2.05, 4.69) is 46.2 Å². The minimum absolute atomic E-state index is 0.138. The predicted molar refractivity (Wildman–Crippen MR) is 226 cm³/mol. The zero-order valence-electron chi connectivity index (χ0n) is 31.9. The van der Waals surface area contributed by atoms with Crippen LogP contribution in [0.4, 0.5) is 17.1 Å². The van der Waals surface area contributed by atoms with Gasteiger partial charge in [-0.2, -0.15) is 8.42 Å². The van der Waals surface area contributed by atoms with E-state index in [9.17, 15) is 25.9 Å². The largest absolute Gasteiger partial charge is 0.744 e. The van der Waals surface area contributed by atoms with Gasteiger partial charge in [-0.1, -0.05) is 60.7 Å². The molecule has 294 valence electrons. The van der Waals surface area contributed by atoms with Gasteiger partial charge in [0.2, 0.25) is 0 Å². The van der Waals surface area contributed by atoms with Crippen LogP contribution in [0.15, 0.2) is 166 Å². The monoisotopic (exact) mass is 802 g/mol. The van der Waals surface area contributed by atoms with Gasteiger partial charge in [-0.3, -0.25) is 4.55 Å². The van der Waals surface area contributed by atoms with E-state index in [0.29, 0.717) is 38.3 Å². The van der Waals surface area contributed by atoms with Gasteiger partial charge in [0.1, 0.15) is 15.9 Å². The molecule has 5 aromatic rings. The minimum Gasteiger partial charge on any atom is -0.744 e. The van der Waals surface area contributed by atoms with Crippen LogP contribution >= 0.6 is 0 Å². The number of anilines is 2. The maximum atomic E-state index is 11.8. The normalized spacial score (nSPS) is 12.7. The smallest absolute Gasteiger partial charge is 0.294 e. The summed E-state index contributed by atoms with van der Waals surface area (Å²) >= 11 is 0. The average molecular weight is 803 g/mol. The van der Waals surface area contributed by atoms with Gasteiger partial charge in [0.05, 0.1) is 27.8 Å². The third kappa shape index (κ3) is 10.5. The third-order valence-corrected chi connectivity index (χ3v) is 11.2. The number of hydrogen-bond acceptors (Lipinski definition) is 9. The highest BCUT2D eigenvalue weighted by Crippen LogP contribution is 2.33. The molecule has 0 saturated heterocycles. The zero-order valence-corrected chi connectivity index (χ0v) is 33.6. The molecule has 0 bridgehead atoms. The molecule has 5 aromatic carbocycles. The summed E-state index contributed by atoms with van der Waals surface area (Å²) in [5, 5.41) is 0. The predicted octanol–water partition coefficient (Wildman–Crippen LogP) is 8.99. The van der Waals surface area contributed by atoms with Gasteiger partial charge >= 0.3 is 0 Å². The number of ether oxygens (including phenoxy) is 1. The maximum absolute atomic E-state index is 11.8. The summed E-state index contributed by atoms with van der Waals surface area (Å²) in [6, 6.07) is 36.6. The molecule has 0 aliphatic heterocycles. The summed E-state index contributed by atoms with van der Waals surface area (Å²) in [5.74, 6) is 0.794. The molecule has 57 heavy (non-hydrogen) atoms. The van der Waals surface area contributed by atoms with Crippen LogP contribution in [0.25, 0.3) is 5.57 Å². The van der Waals surface area contributed by atoms with Crippen molar-refractivity contribution >= 4 is 48.6 Å². The van der Waals surface area contributed by atoms with Crippen LogP contribution in [-0.2, 0) is 33.3 Å². The van der Waals surface area contributed by atoms with Gasteiger partial charge in [-0.05, 0) is 139 Å². The summed E-state index contributed by atoms with van der Waals surface area (Å²) in [6.45, 7) is 8.77. The van der Waals surface area contributed by atoms with Crippen molar-refractivity contribution in [3.05, 3.63) is 173 Å². The van der Waals surface area contributed by atoms with Crippen molar-refractivity contribution in [2.75, 3.05) is 29.5 Å². The van der Waals surface area contributed by atoms with Crippen molar-refractivity contribution in [1.29, 1.82) is 0 Å². The van der Waals surface area contributed by atoms with E-state index in [4.69, 9.17) is 9.73 Å². The topological polar surface area (TPSA) is 140 Å². The van der Waals surface area contributed by atoms with Crippen LogP contribution < -0.4 is 14.5 Å². The van der Waals surface area contributed by atoms with Crippen LogP contribution in [0, 0.1) is 0 Å². The van der Waals surface area contributed by atoms with E-state index in [1.54, 1.807) is 12.1 Å². The molecular weight excluding hydrogens is 759 g/mol. The van der Waals surface area contributed by atoms with Gasteiger partial charge in [0.25, 0.3) is 10.1 Å². The van der Waals surface area contributed by atoms with Crippen LogP contribution in [0.1, 0.15) is 43.0 Å². The lowest BCUT2D eigenvalue weighted by Crippen LogP contribution is -2.22. The fraction of sp³-hybridized carbons (Fsp3) is 0.178.